The molecule has 174 valence electrons. The van der Waals surface area contributed by atoms with Crippen molar-refractivity contribution < 1.29 is 24.1 Å². The molecule has 0 bridgehead atoms. The lowest BCUT2D eigenvalue weighted by Gasteiger charge is -2.35. The lowest BCUT2D eigenvalue weighted by molar-refractivity contribution is -0.122. The molecule has 1 saturated heterocycles. The average molecular weight is 444 g/mol. The van der Waals surface area contributed by atoms with Crippen molar-refractivity contribution in [2.75, 3.05) is 60.1 Å². The Balaban J connectivity index is 1.35. The largest absolute Gasteiger partial charge is 0.497 e. The molecular formula is C24H33N3O5. The molecule has 1 aliphatic rings. The summed E-state index contributed by atoms with van der Waals surface area (Å²) in [6.45, 7) is 4.78. The van der Waals surface area contributed by atoms with E-state index in [1.807, 2.05) is 30.3 Å². The zero-order chi connectivity index (χ0) is 22.8. The molecule has 1 fully saturated rings. The van der Waals surface area contributed by atoms with Crippen molar-refractivity contribution in [1.29, 1.82) is 0 Å². The van der Waals surface area contributed by atoms with Crippen molar-refractivity contribution in [3.63, 3.8) is 0 Å². The molecule has 1 heterocycles. The molecule has 1 unspecified atom stereocenters. The smallest absolute Gasteiger partial charge is 0.234 e. The summed E-state index contributed by atoms with van der Waals surface area (Å²) in [6, 6.07) is 15.2. The van der Waals surface area contributed by atoms with Crippen molar-refractivity contribution in [3.8, 4) is 17.2 Å². The number of aliphatic hydroxyl groups is 1. The van der Waals surface area contributed by atoms with Crippen molar-refractivity contribution in [2.24, 2.45) is 0 Å². The van der Waals surface area contributed by atoms with E-state index in [0.29, 0.717) is 36.9 Å². The Morgan fingerprint density at radius 3 is 2.41 bits per heavy atom. The number of nitrogens with one attached hydrogen (secondary N) is 1. The van der Waals surface area contributed by atoms with Gasteiger partial charge in [-0.25, -0.2) is 0 Å². The van der Waals surface area contributed by atoms with E-state index in [1.54, 1.807) is 32.4 Å². The van der Waals surface area contributed by atoms with Crippen molar-refractivity contribution in [1.82, 2.24) is 15.1 Å². The van der Waals surface area contributed by atoms with Crippen LogP contribution in [-0.4, -0.2) is 87.0 Å². The molecule has 8 heteroatoms. The minimum Gasteiger partial charge on any atom is -0.497 e. The second kappa shape index (κ2) is 12.3. The first kappa shape index (κ1) is 23.8. The standard InChI is InChI=1S/C24H33N3O5/c1-30-21-8-9-22(31-2)23(14-21)32-18-20(28)16-26-10-12-27(13-11-26)17-24(29)25-15-19-6-4-3-5-7-19/h3-9,14,20,28H,10-13,15-18H2,1-2H3,(H,25,29). The summed E-state index contributed by atoms with van der Waals surface area (Å²) in [4.78, 5) is 16.5. The van der Waals surface area contributed by atoms with Gasteiger partial charge in [0.25, 0.3) is 0 Å². The second-order valence-electron chi connectivity index (χ2n) is 7.82. The number of rotatable bonds is 11. The number of carbonyl (C=O) groups excluding carboxylic acids is 1. The van der Waals surface area contributed by atoms with Gasteiger partial charge in [0, 0.05) is 45.3 Å². The summed E-state index contributed by atoms with van der Waals surface area (Å²) in [7, 11) is 3.17. The molecule has 2 N–H and O–H groups in total. The quantitative estimate of drug-likeness (QED) is 0.543. The summed E-state index contributed by atoms with van der Waals surface area (Å²) in [5, 5.41) is 13.4. The monoisotopic (exact) mass is 443 g/mol. The number of methoxy groups -OCH3 is 2. The summed E-state index contributed by atoms with van der Waals surface area (Å²) in [5.74, 6) is 1.83. The Morgan fingerprint density at radius 2 is 1.72 bits per heavy atom. The van der Waals surface area contributed by atoms with Gasteiger partial charge in [-0.2, -0.15) is 0 Å². The Hall–Kier alpha value is -2.81. The van der Waals surface area contributed by atoms with Crippen LogP contribution in [0.3, 0.4) is 0 Å². The summed E-state index contributed by atoms with van der Waals surface area (Å²) < 4.78 is 16.3. The molecule has 32 heavy (non-hydrogen) atoms. The number of β-amino-alcohol motifs (C(OH)–C–C–N with tert-alkyl or cyclic N) is 1. The molecule has 2 aromatic carbocycles. The predicted octanol–water partition coefficient (Wildman–Crippen LogP) is 1.38. The minimum absolute atomic E-state index is 0.0305. The van der Waals surface area contributed by atoms with Crippen molar-refractivity contribution in [3.05, 3.63) is 54.1 Å². The highest BCUT2D eigenvalue weighted by atomic mass is 16.5. The number of amides is 1. The van der Waals surface area contributed by atoms with E-state index < -0.39 is 6.10 Å². The van der Waals surface area contributed by atoms with E-state index in [4.69, 9.17) is 14.2 Å². The van der Waals surface area contributed by atoms with Gasteiger partial charge in [-0.3, -0.25) is 14.6 Å². The molecule has 0 radical (unpaired) electrons. The van der Waals surface area contributed by atoms with Crippen LogP contribution in [0.4, 0.5) is 0 Å². The van der Waals surface area contributed by atoms with E-state index in [2.05, 4.69) is 15.1 Å². The fourth-order valence-electron chi connectivity index (χ4n) is 3.62. The van der Waals surface area contributed by atoms with Gasteiger partial charge in [-0.05, 0) is 17.7 Å². The van der Waals surface area contributed by atoms with Crippen molar-refractivity contribution in [2.45, 2.75) is 12.6 Å². The molecule has 2 aromatic rings. The van der Waals surface area contributed by atoms with Gasteiger partial charge in [0.2, 0.25) is 5.91 Å². The third-order valence-corrected chi connectivity index (χ3v) is 5.44. The van der Waals surface area contributed by atoms with Gasteiger partial charge in [-0.1, -0.05) is 30.3 Å². The van der Waals surface area contributed by atoms with Gasteiger partial charge < -0.3 is 24.6 Å². The number of nitrogens with zero attached hydrogens (tertiary/aromatic N) is 2. The maximum Gasteiger partial charge on any atom is 0.234 e. The molecule has 1 atom stereocenters. The number of carbonyl (C=O) groups is 1. The zero-order valence-electron chi connectivity index (χ0n) is 18.8. The van der Waals surface area contributed by atoms with Crippen LogP contribution < -0.4 is 19.5 Å². The van der Waals surface area contributed by atoms with E-state index in [9.17, 15) is 9.90 Å². The van der Waals surface area contributed by atoms with Crippen LogP contribution in [0.25, 0.3) is 0 Å². The van der Waals surface area contributed by atoms with Crippen LogP contribution in [0.2, 0.25) is 0 Å². The van der Waals surface area contributed by atoms with Gasteiger partial charge >= 0.3 is 0 Å². The fraction of sp³-hybridized carbons (Fsp3) is 0.458. The van der Waals surface area contributed by atoms with Crippen molar-refractivity contribution >= 4 is 5.91 Å². The summed E-state index contributed by atoms with van der Waals surface area (Å²) in [5.41, 5.74) is 1.09. The summed E-state index contributed by atoms with van der Waals surface area (Å²) in [6.07, 6.45) is -0.633. The molecule has 3 rings (SSSR count). The van der Waals surface area contributed by atoms with Gasteiger partial charge in [-0.15, -0.1) is 0 Å². The predicted molar refractivity (Wildman–Crippen MR) is 122 cm³/mol. The molecule has 0 spiro atoms. The van der Waals surface area contributed by atoms with Crippen LogP contribution in [-0.2, 0) is 11.3 Å². The fourth-order valence-corrected chi connectivity index (χ4v) is 3.62. The molecule has 1 aliphatic heterocycles. The number of hydrogen-bond donors (Lipinski definition) is 2. The number of aliphatic hydroxyl groups excluding tert-OH is 1. The van der Waals surface area contributed by atoms with Crippen LogP contribution in [0, 0.1) is 0 Å². The third-order valence-electron chi connectivity index (χ3n) is 5.44. The lowest BCUT2D eigenvalue weighted by Crippen LogP contribution is -2.51. The maximum atomic E-state index is 12.2. The molecule has 1 amide bonds. The highest BCUT2D eigenvalue weighted by Gasteiger charge is 2.21. The first-order valence-electron chi connectivity index (χ1n) is 10.9. The summed E-state index contributed by atoms with van der Waals surface area (Å²) >= 11 is 0. The number of hydrogen-bond acceptors (Lipinski definition) is 7. The van der Waals surface area contributed by atoms with Crippen LogP contribution in [0.5, 0.6) is 17.2 Å². The number of piperazine rings is 1. The normalized spacial score (nSPS) is 15.7. The van der Waals surface area contributed by atoms with Crippen LogP contribution in [0.15, 0.2) is 48.5 Å². The van der Waals surface area contributed by atoms with Gasteiger partial charge in [0.1, 0.15) is 18.5 Å². The molecular weight excluding hydrogens is 410 g/mol. The first-order valence-corrected chi connectivity index (χ1v) is 10.9. The Morgan fingerprint density at radius 1 is 1.00 bits per heavy atom. The number of benzene rings is 2. The average Bonchev–Trinajstić information content (AvgIpc) is 2.83. The maximum absolute atomic E-state index is 12.2. The Labute approximate surface area is 189 Å². The lowest BCUT2D eigenvalue weighted by atomic mass is 10.2. The van der Waals surface area contributed by atoms with Gasteiger partial charge in [0.15, 0.2) is 11.5 Å². The van der Waals surface area contributed by atoms with Crippen LogP contribution >= 0.6 is 0 Å². The minimum atomic E-state index is -0.633. The van der Waals surface area contributed by atoms with E-state index in [1.165, 1.54) is 0 Å². The number of ether oxygens (including phenoxy) is 3. The highest BCUT2D eigenvalue weighted by Crippen LogP contribution is 2.31. The molecule has 0 saturated carbocycles. The Bertz CT molecular complexity index is 841. The van der Waals surface area contributed by atoms with E-state index in [0.717, 1.165) is 31.7 Å². The molecule has 0 aromatic heterocycles. The highest BCUT2D eigenvalue weighted by molar-refractivity contribution is 5.78. The van der Waals surface area contributed by atoms with E-state index in [-0.39, 0.29) is 12.5 Å². The second-order valence-corrected chi connectivity index (χ2v) is 7.82. The molecule has 8 nitrogen and oxygen atoms in total. The zero-order valence-corrected chi connectivity index (χ0v) is 18.8. The third kappa shape index (κ3) is 7.40. The Kier molecular flexibility index (Phi) is 9.15. The topological polar surface area (TPSA) is 83.5 Å². The first-order chi connectivity index (χ1) is 15.6. The van der Waals surface area contributed by atoms with Crippen LogP contribution in [0.1, 0.15) is 5.56 Å². The SMILES string of the molecule is COc1ccc(OC)c(OCC(O)CN2CCN(CC(=O)NCc3ccccc3)CC2)c1. The van der Waals surface area contributed by atoms with E-state index >= 15 is 0 Å². The molecule has 0 aliphatic carbocycles. The van der Waals surface area contributed by atoms with Gasteiger partial charge in [0.05, 0.1) is 20.8 Å².